The summed E-state index contributed by atoms with van der Waals surface area (Å²) in [5.74, 6) is -0.546. The van der Waals surface area contributed by atoms with Crippen molar-refractivity contribution in [3.63, 3.8) is 0 Å². The van der Waals surface area contributed by atoms with Gasteiger partial charge in [0.25, 0.3) is 0 Å². The highest BCUT2D eigenvalue weighted by Crippen LogP contribution is 2.27. The number of amides is 2. The lowest BCUT2D eigenvalue weighted by molar-refractivity contribution is -0.126. The number of nitrogens with zero attached hydrogens (tertiary/aromatic N) is 2. The van der Waals surface area contributed by atoms with E-state index in [1.807, 2.05) is 60.0 Å². The molecule has 0 aliphatic heterocycles. The fourth-order valence-corrected chi connectivity index (χ4v) is 4.63. The minimum absolute atomic E-state index is 0.206. The van der Waals surface area contributed by atoms with Gasteiger partial charge in [0, 0.05) is 21.9 Å². The van der Waals surface area contributed by atoms with Crippen LogP contribution in [0, 0.1) is 0 Å². The second-order valence-corrected chi connectivity index (χ2v) is 9.42. The molecule has 2 aromatic carbocycles. The number of aromatic nitrogens is 2. The van der Waals surface area contributed by atoms with Crippen molar-refractivity contribution in [3.8, 4) is 10.6 Å². The molecule has 0 aliphatic rings. The van der Waals surface area contributed by atoms with Gasteiger partial charge >= 0.3 is 0 Å². The fraction of sp³-hybridized carbons (Fsp3) is 0.130. The van der Waals surface area contributed by atoms with Gasteiger partial charge in [-0.15, -0.1) is 21.5 Å². The van der Waals surface area contributed by atoms with Gasteiger partial charge in [-0.1, -0.05) is 71.5 Å². The van der Waals surface area contributed by atoms with Gasteiger partial charge in [-0.3, -0.25) is 14.9 Å². The van der Waals surface area contributed by atoms with E-state index in [1.54, 1.807) is 12.1 Å². The predicted molar refractivity (Wildman–Crippen MR) is 129 cm³/mol. The molecule has 4 aromatic rings. The van der Waals surface area contributed by atoms with Crippen molar-refractivity contribution in [1.29, 1.82) is 0 Å². The van der Waals surface area contributed by atoms with Crippen LogP contribution in [0.5, 0.6) is 0 Å². The lowest BCUT2D eigenvalue weighted by Crippen LogP contribution is -2.45. The summed E-state index contributed by atoms with van der Waals surface area (Å²) in [5, 5.41) is 17.5. The van der Waals surface area contributed by atoms with E-state index in [2.05, 4.69) is 20.8 Å². The van der Waals surface area contributed by atoms with E-state index in [4.69, 9.17) is 11.6 Å². The number of carbonyl (C=O) groups excluding carboxylic acids is 2. The van der Waals surface area contributed by atoms with Crippen molar-refractivity contribution in [2.75, 3.05) is 5.32 Å². The summed E-state index contributed by atoms with van der Waals surface area (Å²) in [6.45, 7) is 0. The zero-order chi connectivity index (χ0) is 22.3. The SMILES string of the molecule is O=C(Cc1cccs1)NC(Cc1ccccc1)C(=O)Nc1nnc(-c2ccc(Cl)cc2)s1. The van der Waals surface area contributed by atoms with Gasteiger partial charge in [0.2, 0.25) is 16.9 Å². The van der Waals surface area contributed by atoms with Crippen LogP contribution in [-0.2, 0) is 22.4 Å². The Balaban J connectivity index is 1.46. The van der Waals surface area contributed by atoms with Crippen LogP contribution < -0.4 is 10.6 Å². The molecular weight excluding hydrogens is 464 g/mol. The number of anilines is 1. The molecule has 0 saturated heterocycles. The summed E-state index contributed by atoms with van der Waals surface area (Å²) >= 11 is 8.70. The zero-order valence-electron chi connectivity index (χ0n) is 16.8. The Morgan fingerprint density at radius 1 is 0.969 bits per heavy atom. The lowest BCUT2D eigenvalue weighted by atomic mass is 10.1. The quantitative estimate of drug-likeness (QED) is 0.377. The summed E-state index contributed by atoms with van der Waals surface area (Å²) < 4.78 is 0. The highest BCUT2D eigenvalue weighted by molar-refractivity contribution is 7.18. The smallest absolute Gasteiger partial charge is 0.249 e. The molecule has 1 atom stereocenters. The molecule has 4 rings (SSSR count). The summed E-state index contributed by atoms with van der Waals surface area (Å²) in [6, 6.07) is 19.9. The number of hydrogen-bond donors (Lipinski definition) is 2. The molecule has 0 bridgehead atoms. The Hall–Kier alpha value is -3.07. The molecule has 162 valence electrons. The van der Waals surface area contributed by atoms with Crippen LogP contribution in [0.1, 0.15) is 10.4 Å². The summed E-state index contributed by atoms with van der Waals surface area (Å²) in [4.78, 5) is 26.6. The van der Waals surface area contributed by atoms with Crippen LogP contribution >= 0.6 is 34.3 Å². The van der Waals surface area contributed by atoms with E-state index in [1.165, 1.54) is 22.7 Å². The maximum Gasteiger partial charge on any atom is 0.249 e. The Morgan fingerprint density at radius 2 is 1.75 bits per heavy atom. The number of halogens is 1. The van der Waals surface area contributed by atoms with Crippen molar-refractivity contribution in [2.24, 2.45) is 0 Å². The van der Waals surface area contributed by atoms with Gasteiger partial charge in [0.1, 0.15) is 11.0 Å². The van der Waals surface area contributed by atoms with Crippen molar-refractivity contribution in [1.82, 2.24) is 15.5 Å². The first-order valence-electron chi connectivity index (χ1n) is 9.83. The molecule has 2 aromatic heterocycles. The van der Waals surface area contributed by atoms with Crippen molar-refractivity contribution < 1.29 is 9.59 Å². The fourth-order valence-electron chi connectivity index (χ4n) is 3.05. The Labute approximate surface area is 198 Å². The maximum atomic E-state index is 13.0. The van der Waals surface area contributed by atoms with Gasteiger partial charge < -0.3 is 5.32 Å². The Kier molecular flexibility index (Phi) is 7.26. The molecule has 2 amide bonds. The number of benzene rings is 2. The molecule has 1 unspecified atom stereocenters. The van der Waals surface area contributed by atoms with Crippen LogP contribution in [0.2, 0.25) is 5.02 Å². The third-order valence-electron chi connectivity index (χ3n) is 4.60. The highest BCUT2D eigenvalue weighted by atomic mass is 35.5. The molecule has 0 spiro atoms. The molecule has 0 aliphatic carbocycles. The van der Waals surface area contributed by atoms with Crippen LogP contribution in [0.25, 0.3) is 10.6 Å². The number of thiophene rings is 1. The second kappa shape index (κ2) is 10.5. The summed E-state index contributed by atoms with van der Waals surface area (Å²) in [6.07, 6.45) is 0.599. The number of nitrogens with one attached hydrogen (secondary N) is 2. The molecule has 32 heavy (non-hydrogen) atoms. The molecule has 0 radical (unpaired) electrons. The van der Waals surface area contributed by atoms with Crippen LogP contribution in [0.4, 0.5) is 5.13 Å². The maximum absolute atomic E-state index is 13.0. The summed E-state index contributed by atoms with van der Waals surface area (Å²) in [7, 11) is 0. The van der Waals surface area contributed by atoms with Crippen molar-refractivity contribution in [2.45, 2.75) is 18.9 Å². The third-order valence-corrected chi connectivity index (χ3v) is 6.61. The van der Waals surface area contributed by atoms with Gasteiger partial charge in [-0.2, -0.15) is 0 Å². The Morgan fingerprint density at radius 3 is 2.47 bits per heavy atom. The normalized spacial score (nSPS) is 11.7. The lowest BCUT2D eigenvalue weighted by Gasteiger charge is -2.17. The average Bonchev–Trinajstić information content (AvgIpc) is 3.47. The zero-order valence-corrected chi connectivity index (χ0v) is 19.2. The minimum Gasteiger partial charge on any atom is -0.344 e. The van der Waals surface area contributed by atoms with Gasteiger partial charge in [-0.25, -0.2) is 0 Å². The molecule has 6 nitrogen and oxygen atoms in total. The van der Waals surface area contributed by atoms with E-state index in [9.17, 15) is 9.59 Å². The second-order valence-electron chi connectivity index (χ2n) is 6.97. The largest absolute Gasteiger partial charge is 0.344 e. The van der Waals surface area contributed by atoms with E-state index in [-0.39, 0.29) is 18.2 Å². The molecule has 0 fully saturated rings. The van der Waals surface area contributed by atoms with E-state index in [0.29, 0.717) is 21.6 Å². The number of rotatable bonds is 8. The number of hydrogen-bond acceptors (Lipinski definition) is 6. The minimum atomic E-state index is -0.743. The van der Waals surface area contributed by atoms with Crippen LogP contribution in [-0.4, -0.2) is 28.1 Å². The van der Waals surface area contributed by atoms with Crippen molar-refractivity contribution in [3.05, 3.63) is 87.6 Å². The van der Waals surface area contributed by atoms with Gasteiger partial charge in [0.05, 0.1) is 6.42 Å². The molecule has 0 saturated carbocycles. The highest BCUT2D eigenvalue weighted by Gasteiger charge is 2.23. The van der Waals surface area contributed by atoms with Gasteiger partial charge in [-0.05, 0) is 29.1 Å². The standard InChI is InChI=1S/C23H19ClN4O2S2/c24-17-10-8-16(9-11-17)22-27-28-23(32-22)26-21(30)19(13-15-5-2-1-3-6-15)25-20(29)14-18-7-4-12-31-18/h1-12,19H,13-14H2,(H,25,29)(H,26,28,30). The molecule has 9 heteroatoms. The first-order valence-corrected chi connectivity index (χ1v) is 11.9. The van der Waals surface area contributed by atoms with Crippen molar-refractivity contribution >= 4 is 51.2 Å². The predicted octanol–water partition coefficient (Wildman–Crippen LogP) is 4.83. The topological polar surface area (TPSA) is 84.0 Å². The third kappa shape index (κ3) is 6.00. The molecule has 2 N–H and O–H groups in total. The van der Waals surface area contributed by atoms with Gasteiger partial charge in [0.15, 0.2) is 0 Å². The molecule has 2 heterocycles. The van der Waals surface area contributed by atoms with E-state index < -0.39 is 6.04 Å². The number of carbonyl (C=O) groups is 2. The first kappa shape index (κ1) is 22.1. The summed E-state index contributed by atoms with van der Waals surface area (Å²) in [5.41, 5.74) is 1.81. The monoisotopic (exact) mass is 482 g/mol. The Bertz CT molecular complexity index is 1180. The molecular formula is C23H19ClN4O2S2. The first-order chi connectivity index (χ1) is 15.6. The van der Waals surface area contributed by atoms with Crippen LogP contribution in [0.3, 0.4) is 0 Å². The van der Waals surface area contributed by atoms with E-state index in [0.717, 1.165) is 16.0 Å². The van der Waals surface area contributed by atoms with Crippen LogP contribution in [0.15, 0.2) is 72.1 Å². The van der Waals surface area contributed by atoms with E-state index >= 15 is 0 Å². The average molecular weight is 483 g/mol.